The molecule has 0 radical (unpaired) electrons. The molecule has 0 fully saturated rings. The monoisotopic (exact) mass is 281 g/mol. The molecule has 0 saturated carbocycles. The fourth-order valence-electron chi connectivity index (χ4n) is 2.66. The summed E-state index contributed by atoms with van der Waals surface area (Å²) in [6, 6.07) is 9.74. The molecule has 1 aromatic carbocycles. The van der Waals surface area contributed by atoms with Crippen molar-refractivity contribution in [3.05, 3.63) is 76.4 Å². The smallest absolute Gasteiger partial charge is 0.210 e. The standard InChI is InChI=1S/C18H16FNO/c1-11-8-9-20-16(10-11)12(2)13(3)17(20)18(21)14-4-6-15(19)7-5-14/h4-10H,1-3H3. The topological polar surface area (TPSA) is 21.5 Å². The molecule has 0 aliphatic rings. The Hall–Kier alpha value is -2.42. The first-order valence-electron chi connectivity index (χ1n) is 6.87. The zero-order valence-electron chi connectivity index (χ0n) is 12.3. The summed E-state index contributed by atoms with van der Waals surface area (Å²) in [4.78, 5) is 12.7. The van der Waals surface area contributed by atoms with Gasteiger partial charge in [-0.1, -0.05) is 0 Å². The van der Waals surface area contributed by atoms with Crippen molar-refractivity contribution in [3.8, 4) is 0 Å². The predicted octanol–water partition coefficient (Wildman–Crippen LogP) is 4.23. The van der Waals surface area contributed by atoms with Crippen LogP contribution in [0.25, 0.3) is 5.52 Å². The summed E-state index contributed by atoms with van der Waals surface area (Å²) in [6.07, 6.45) is 1.92. The van der Waals surface area contributed by atoms with E-state index in [-0.39, 0.29) is 11.6 Å². The predicted molar refractivity (Wildman–Crippen MR) is 81.4 cm³/mol. The van der Waals surface area contributed by atoms with Crippen LogP contribution in [0, 0.1) is 26.6 Å². The summed E-state index contributed by atoms with van der Waals surface area (Å²) in [5, 5.41) is 0. The largest absolute Gasteiger partial charge is 0.313 e. The van der Waals surface area contributed by atoms with E-state index in [1.807, 2.05) is 37.4 Å². The average Bonchev–Trinajstić information content (AvgIpc) is 2.71. The number of rotatable bonds is 2. The van der Waals surface area contributed by atoms with Gasteiger partial charge in [-0.05, 0) is 73.9 Å². The van der Waals surface area contributed by atoms with Crippen molar-refractivity contribution in [2.45, 2.75) is 20.8 Å². The zero-order valence-corrected chi connectivity index (χ0v) is 12.3. The summed E-state index contributed by atoms with van der Waals surface area (Å²) in [5.74, 6) is -0.422. The highest BCUT2D eigenvalue weighted by atomic mass is 19.1. The Bertz CT molecular complexity index is 844. The Morgan fingerprint density at radius 1 is 1.00 bits per heavy atom. The minimum Gasteiger partial charge on any atom is -0.313 e. The van der Waals surface area contributed by atoms with Crippen molar-refractivity contribution in [1.29, 1.82) is 0 Å². The Balaban J connectivity index is 2.22. The van der Waals surface area contributed by atoms with Crippen molar-refractivity contribution in [3.63, 3.8) is 0 Å². The molecule has 0 aliphatic carbocycles. The van der Waals surface area contributed by atoms with Crippen molar-refractivity contribution >= 4 is 11.3 Å². The third-order valence-electron chi connectivity index (χ3n) is 3.97. The van der Waals surface area contributed by atoms with Gasteiger partial charge >= 0.3 is 0 Å². The fraction of sp³-hybridized carbons (Fsp3) is 0.167. The second kappa shape index (κ2) is 4.85. The van der Waals surface area contributed by atoms with Gasteiger partial charge in [0.2, 0.25) is 5.78 Å². The van der Waals surface area contributed by atoms with Crippen molar-refractivity contribution in [2.75, 3.05) is 0 Å². The number of nitrogens with zero attached hydrogens (tertiary/aromatic N) is 1. The van der Waals surface area contributed by atoms with Crippen molar-refractivity contribution in [1.82, 2.24) is 4.40 Å². The summed E-state index contributed by atoms with van der Waals surface area (Å²) < 4.78 is 14.9. The molecule has 3 rings (SSSR count). The maximum Gasteiger partial charge on any atom is 0.210 e. The molecule has 2 heterocycles. The quantitative estimate of drug-likeness (QED) is 0.644. The number of ketones is 1. The van der Waals surface area contributed by atoms with Gasteiger partial charge in [-0.2, -0.15) is 0 Å². The molecule has 3 aromatic rings. The lowest BCUT2D eigenvalue weighted by Crippen LogP contribution is -2.07. The van der Waals surface area contributed by atoms with E-state index in [0.717, 1.165) is 22.2 Å². The van der Waals surface area contributed by atoms with Crippen LogP contribution in [0.5, 0.6) is 0 Å². The van der Waals surface area contributed by atoms with E-state index in [1.54, 1.807) is 0 Å². The normalized spacial score (nSPS) is 11.0. The lowest BCUT2D eigenvalue weighted by Gasteiger charge is -2.05. The van der Waals surface area contributed by atoms with Gasteiger partial charge in [0.05, 0.1) is 5.69 Å². The minimum absolute atomic E-state index is 0.0838. The first kappa shape index (κ1) is 13.6. The highest BCUT2D eigenvalue weighted by Crippen LogP contribution is 2.25. The molecule has 21 heavy (non-hydrogen) atoms. The fourth-order valence-corrected chi connectivity index (χ4v) is 2.66. The van der Waals surface area contributed by atoms with E-state index >= 15 is 0 Å². The van der Waals surface area contributed by atoms with Crippen molar-refractivity contribution < 1.29 is 9.18 Å². The van der Waals surface area contributed by atoms with Gasteiger partial charge in [0.25, 0.3) is 0 Å². The van der Waals surface area contributed by atoms with Crippen LogP contribution in [0.2, 0.25) is 0 Å². The van der Waals surface area contributed by atoms with Crippen LogP contribution >= 0.6 is 0 Å². The summed E-state index contributed by atoms with van der Waals surface area (Å²) >= 11 is 0. The van der Waals surface area contributed by atoms with Gasteiger partial charge in [0.15, 0.2) is 0 Å². The molecule has 0 atom stereocenters. The molecule has 3 heteroatoms. The van der Waals surface area contributed by atoms with Crippen LogP contribution in [-0.4, -0.2) is 10.2 Å². The molecule has 106 valence electrons. The van der Waals surface area contributed by atoms with Crippen LogP contribution in [0.1, 0.15) is 32.7 Å². The van der Waals surface area contributed by atoms with Gasteiger partial charge in [0, 0.05) is 17.3 Å². The van der Waals surface area contributed by atoms with Crippen LogP contribution in [-0.2, 0) is 0 Å². The first-order chi connectivity index (χ1) is 9.99. The third-order valence-corrected chi connectivity index (χ3v) is 3.97. The second-order valence-corrected chi connectivity index (χ2v) is 5.39. The molecular formula is C18H16FNO. The zero-order chi connectivity index (χ0) is 15.1. The molecule has 0 saturated heterocycles. The number of hydrogen-bond donors (Lipinski definition) is 0. The number of carbonyl (C=O) groups excluding carboxylic acids is 1. The van der Waals surface area contributed by atoms with Gasteiger partial charge in [-0.15, -0.1) is 0 Å². The van der Waals surface area contributed by atoms with E-state index in [4.69, 9.17) is 0 Å². The van der Waals surface area contributed by atoms with Crippen molar-refractivity contribution in [2.24, 2.45) is 0 Å². The van der Waals surface area contributed by atoms with Crippen LogP contribution in [0.15, 0.2) is 42.6 Å². The van der Waals surface area contributed by atoms with E-state index < -0.39 is 0 Å². The van der Waals surface area contributed by atoms with E-state index in [2.05, 4.69) is 6.07 Å². The van der Waals surface area contributed by atoms with Crippen LogP contribution < -0.4 is 0 Å². The lowest BCUT2D eigenvalue weighted by atomic mass is 10.0. The number of fused-ring (bicyclic) bond motifs is 1. The summed E-state index contributed by atoms with van der Waals surface area (Å²) in [7, 11) is 0. The number of benzene rings is 1. The van der Waals surface area contributed by atoms with Crippen LogP contribution in [0.3, 0.4) is 0 Å². The number of carbonyl (C=O) groups is 1. The molecule has 0 N–H and O–H groups in total. The Kier molecular flexibility index (Phi) is 3.13. The Morgan fingerprint density at radius 2 is 1.67 bits per heavy atom. The van der Waals surface area contributed by atoms with E-state index in [9.17, 15) is 9.18 Å². The van der Waals surface area contributed by atoms with E-state index in [0.29, 0.717) is 11.3 Å². The molecule has 0 bridgehead atoms. The maximum absolute atomic E-state index is 13.0. The minimum atomic E-state index is -0.338. The average molecular weight is 281 g/mol. The highest BCUT2D eigenvalue weighted by Gasteiger charge is 2.19. The van der Waals surface area contributed by atoms with Gasteiger partial charge in [-0.3, -0.25) is 4.79 Å². The summed E-state index contributed by atoms with van der Waals surface area (Å²) in [6.45, 7) is 6.00. The molecule has 0 amide bonds. The molecule has 2 aromatic heterocycles. The first-order valence-corrected chi connectivity index (χ1v) is 6.87. The molecule has 0 unspecified atom stereocenters. The van der Waals surface area contributed by atoms with E-state index in [1.165, 1.54) is 24.3 Å². The summed E-state index contributed by atoms with van der Waals surface area (Å²) in [5.41, 5.74) is 5.41. The SMILES string of the molecule is Cc1ccn2c(C(=O)c3ccc(F)cc3)c(C)c(C)c2c1. The lowest BCUT2D eigenvalue weighted by molar-refractivity contribution is 0.103. The number of halogens is 1. The molecule has 0 aliphatic heterocycles. The molecular weight excluding hydrogens is 265 g/mol. The maximum atomic E-state index is 13.0. The number of aryl methyl sites for hydroxylation is 2. The highest BCUT2D eigenvalue weighted by molar-refractivity contribution is 6.10. The third kappa shape index (κ3) is 2.15. The van der Waals surface area contributed by atoms with Gasteiger partial charge in [-0.25, -0.2) is 4.39 Å². The number of aromatic nitrogens is 1. The molecule has 2 nitrogen and oxygen atoms in total. The number of pyridine rings is 1. The van der Waals surface area contributed by atoms with Gasteiger partial charge < -0.3 is 4.40 Å². The Morgan fingerprint density at radius 3 is 2.33 bits per heavy atom. The Labute approximate surface area is 122 Å². The molecule has 0 spiro atoms. The second-order valence-electron chi connectivity index (χ2n) is 5.39. The van der Waals surface area contributed by atoms with Crippen LogP contribution in [0.4, 0.5) is 4.39 Å². The van der Waals surface area contributed by atoms with Gasteiger partial charge in [0.1, 0.15) is 5.82 Å². The number of hydrogen-bond acceptors (Lipinski definition) is 1.